The van der Waals surface area contributed by atoms with E-state index in [1.54, 1.807) is 26.5 Å². The molecule has 2 N–H and O–H groups in total. The first kappa shape index (κ1) is 15.6. The SMILES string of the molecule is COc1ccc(CCNc2ncccc2C(=O)O)cc1OC. The number of anilines is 1. The van der Waals surface area contributed by atoms with E-state index >= 15 is 0 Å². The van der Waals surface area contributed by atoms with E-state index in [4.69, 9.17) is 14.6 Å². The number of hydrogen-bond donors (Lipinski definition) is 2. The number of hydrogen-bond acceptors (Lipinski definition) is 5. The van der Waals surface area contributed by atoms with Crippen LogP contribution < -0.4 is 14.8 Å². The molecule has 0 saturated carbocycles. The lowest BCUT2D eigenvalue weighted by molar-refractivity contribution is 0.0697. The largest absolute Gasteiger partial charge is 0.493 e. The number of benzene rings is 1. The third kappa shape index (κ3) is 3.66. The van der Waals surface area contributed by atoms with Gasteiger partial charge in [-0.15, -0.1) is 0 Å². The van der Waals surface area contributed by atoms with Gasteiger partial charge in [0.1, 0.15) is 11.4 Å². The molecule has 0 radical (unpaired) electrons. The minimum absolute atomic E-state index is 0.162. The van der Waals surface area contributed by atoms with Crippen LogP contribution in [0.2, 0.25) is 0 Å². The first-order valence-corrected chi connectivity index (χ1v) is 6.78. The fourth-order valence-electron chi connectivity index (χ4n) is 2.08. The minimum Gasteiger partial charge on any atom is -0.493 e. The zero-order valence-electron chi connectivity index (χ0n) is 12.5. The first-order chi connectivity index (χ1) is 10.7. The second kappa shape index (κ2) is 7.31. The quantitative estimate of drug-likeness (QED) is 0.817. The van der Waals surface area contributed by atoms with Crippen molar-refractivity contribution in [2.75, 3.05) is 26.1 Å². The lowest BCUT2D eigenvalue weighted by Gasteiger charge is -2.11. The van der Waals surface area contributed by atoms with Crippen molar-refractivity contribution in [3.63, 3.8) is 0 Å². The topological polar surface area (TPSA) is 80.7 Å². The van der Waals surface area contributed by atoms with Gasteiger partial charge in [0.05, 0.1) is 14.2 Å². The van der Waals surface area contributed by atoms with E-state index in [0.717, 1.165) is 5.56 Å². The van der Waals surface area contributed by atoms with E-state index in [1.807, 2.05) is 18.2 Å². The van der Waals surface area contributed by atoms with E-state index in [1.165, 1.54) is 6.07 Å². The Bertz CT molecular complexity index is 658. The van der Waals surface area contributed by atoms with Crippen LogP contribution in [0.15, 0.2) is 36.5 Å². The molecule has 0 aliphatic heterocycles. The lowest BCUT2D eigenvalue weighted by atomic mass is 10.1. The van der Waals surface area contributed by atoms with Crippen LogP contribution in [0.5, 0.6) is 11.5 Å². The van der Waals surface area contributed by atoms with Crippen molar-refractivity contribution in [3.05, 3.63) is 47.7 Å². The van der Waals surface area contributed by atoms with E-state index in [0.29, 0.717) is 30.3 Å². The number of methoxy groups -OCH3 is 2. The van der Waals surface area contributed by atoms with Crippen molar-refractivity contribution in [2.45, 2.75) is 6.42 Å². The van der Waals surface area contributed by atoms with Gasteiger partial charge in [0.25, 0.3) is 0 Å². The van der Waals surface area contributed by atoms with Gasteiger partial charge in [0.15, 0.2) is 11.5 Å². The summed E-state index contributed by atoms with van der Waals surface area (Å²) in [5.41, 5.74) is 1.22. The number of rotatable bonds is 7. The van der Waals surface area contributed by atoms with Crippen LogP contribution in [-0.2, 0) is 6.42 Å². The zero-order chi connectivity index (χ0) is 15.9. The van der Waals surface area contributed by atoms with Crippen LogP contribution in [0.25, 0.3) is 0 Å². The van der Waals surface area contributed by atoms with Crippen molar-refractivity contribution in [2.24, 2.45) is 0 Å². The molecule has 0 aliphatic carbocycles. The first-order valence-electron chi connectivity index (χ1n) is 6.78. The van der Waals surface area contributed by atoms with Gasteiger partial charge in [0, 0.05) is 12.7 Å². The fourth-order valence-corrected chi connectivity index (χ4v) is 2.08. The van der Waals surface area contributed by atoms with Crippen LogP contribution in [-0.4, -0.2) is 36.8 Å². The average molecular weight is 302 g/mol. The van der Waals surface area contributed by atoms with Gasteiger partial charge < -0.3 is 19.9 Å². The number of carbonyl (C=O) groups is 1. The zero-order valence-corrected chi connectivity index (χ0v) is 12.5. The number of pyridine rings is 1. The highest BCUT2D eigenvalue weighted by Gasteiger charge is 2.10. The van der Waals surface area contributed by atoms with Crippen LogP contribution in [0.4, 0.5) is 5.82 Å². The predicted octanol–water partition coefficient (Wildman–Crippen LogP) is 2.45. The minimum atomic E-state index is -0.998. The third-order valence-electron chi connectivity index (χ3n) is 3.19. The molecule has 0 unspecified atom stereocenters. The summed E-state index contributed by atoms with van der Waals surface area (Å²) in [6.45, 7) is 0.562. The molecule has 1 heterocycles. The summed E-state index contributed by atoms with van der Waals surface area (Å²) in [6.07, 6.45) is 2.27. The van der Waals surface area contributed by atoms with Crippen LogP contribution in [0.1, 0.15) is 15.9 Å². The van der Waals surface area contributed by atoms with Crippen molar-refractivity contribution < 1.29 is 19.4 Å². The maximum absolute atomic E-state index is 11.1. The maximum atomic E-state index is 11.1. The number of carboxylic acid groups (broad SMARTS) is 1. The summed E-state index contributed by atoms with van der Waals surface area (Å²) in [4.78, 5) is 15.2. The Morgan fingerprint density at radius 3 is 2.68 bits per heavy atom. The number of nitrogens with zero attached hydrogens (tertiary/aromatic N) is 1. The molecule has 0 fully saturated rings. The normalized spacial score (nSPS) is 10.1. The molecular formula is C16H18N2O4. The third-order valence-corrected chi connectivity index (χ3v) is 3.19. The second-order valence-corrected chi connectivity index (χ2v) is 4.57. The summed E-state index contributed by atoms with van der Waals surface area (Å²) in [5.74, 6) is 0.721. The smallest absolute Gasteiger partial charge is 0.339 e. The van der Waals surface area contributed by atoms with Crippen LogP contribution in [0, 0.1) is 0 Å². The highest BCUT2D eigenvalue weighted by Crippen LogP contribution is 2.27. The molecule has 2 aromatic rings. The predicted molar refractivity (Wildman–Crippen MR) is 82.9 cm³/mol. The molecule has 2 rings (SSSR count). The number of aromatic carboxylic acids is 1. The monoisotopic (exact) mass is 302 g/mol. The summed E-state index contributed by atoms with van der Waals surface area (Å²) in [5, 5.41) is 12.1. The average Bonchev–Trinajstić information content (AvgIpc) is 2.55. The van der Waals surface area contributed by atoms with E-state index in [-0.39, 0.29) is 5.56 Å². The second-order valence-electron chi connectivity index (χ2n) is 4.57. The molecule has 1 aromatic carbocycles. The Balaban J connectivity index is 2.01. The standard InChI is InChI=1S/C16H18N2O4/c1-21-13-6-5-11(10-14(13)22-2)7-9-18-15-12(16(19)20)4-3-8-17-15/h3-6,8,10H,7,9H2,1-2H3,(H,17,18)(H,19,20). The van der Waals surface area contributed by atoms with Gasteiger partial charge in [-0.05, 0) is 36.2 Å². The number of carboxylic acids is 1. The molecule has 6 nitrogen and oxygen atoms in total. The van der Waals surface area contributed by atoms with Crippen LogP contribution >= 0.6 is 0 Å². The summed E-state index contributed by atoms with van der Waals surface area (Å²) < 4.78 is 10.4. The Kier molecular flexibility index (Phi) is 5.19. The van der Waals surface area contributed by atoms with Crippen LogP contribution in [0.3, 0.4) is 0 Å². The van der Waals surface area contributed by atoms with Crippen molar-refractivity contribution >= 4 is 11.8 Å². The lowest BCUT2D eigenvalue weighted by Crippen LogP contribution is -2.11. The molecule has 1 aromatic heterocycles. The Hall–Kier alpha value is -2.76. The van der Waals surface area contributed by atoms with Gasteiger partial charge in [-0.1, -0.05) is 6.07 Å². The molecule has 116 valence electrons. The Morgan fingerprint density at radius 2 is 2.00 bits per heavy atom. The molecule has 0 bridgehead atoms. The molecule has 0 saturated heterocycles. The molecule has 0 spiro atoms. The van der Waals surface area contributed by atoms with Gasteiger partial charge in [0.2, 0.25) is 0 Å². The highest BCUT2D eigenvalue weighted by atomic mass is 16.5. The van der Waals surface area contributed by atoms with E-state index in [2.05, 4.69) is 10.3 Å². The fraction of sp³-hybridized carbons (Fsp3) is 0.250. The van der Waals surface area contributed by atoms with Gasteiger partial charge in [-0.3, -0.25) is 0 Å². The van der Waals surface area contributed by atoms with E-state index < -0.39 is 5.97 Å². The summed E-state index contributed by atoms with van der Waals surface area (Å²) >= 11 is 0. The molecule has 0 atom stereocenters. The van der Waals surface area contributed by atoms with Crippen molar-refractivity contribution in [1.82, 2.24) is 4.98 Å². The number of ether oxygens (including phenoxy) is 2. The Morgan fingerprint density at radius 1 is 1.23 bits per heavy atom. The molecule has 6 heteroatoms. The number of nitrogens with one attached hydrogen (secondary N) is 1. The van der Waals surface area contributed by atoms with Gasteiger partial charge in [-0.2, -0.15) is 0 Å². The summed E-state index contributed by atoms with van der Waals surface area (Å²) in [7, 11) is 3.18. The van der Waals surface area contributed by atoms with Gasteiger partial charge >= 0.3 is 5.97 Å². The molecule has 0 aliphatic rings. The molecular weight excluding hydrogens is 284 g/mol. The van der Waals surface area contributed by atoms with Crippen molar-refractivity contribution in [3.8, 4) is 11.5 Å². The number of aromatic nitrogens is 1. The maximum Gasteiger partial charge on any atom is 0.339 e. The van der Waals surface area contributed by atoms with Crippen molar-refractivity contribution in [1.29, 1.82) is 0 Å². The summed E-state index contributed by atoms with van der Waals surface area (Å²) in [6, 6.07) is 8.81. The van der Waals surface area contributed by atoms with E-state index in [9.17, 15) is 4.79 Å². The molecule has 22 heavy (non-hydrogen) atoms. The highest BCUT2D eigenvalue weighted by molar-refractivity contribution is 5.92. The van der Waals surface area contributed by atoms with Gasteiger partial charge in [-0.25, -0.2) is 9.78 Å². The molecule has 0 amide bonds. The Labute approximate surface area is 128 Å².